The molecule has 1 aromatic heterocycles. The van der Waals surface area contributed by atoms with Gasteiger partial charge in [-0.05, 0) is 12.1 Å². The van der Waals surface area contributed by atoms with Gasteiger partial charge in [-0.15, -0.1) is 0 Å². The summed E-state index contributed by atoms with van der Waals surface area (Å²) >= 11 is 2.93. The molecule has 2 rings (SSSR count). The van der Waals surface area contributed by atoms with Crippen LogP contribution < -0.4 is 5.63 Å². The van der Waals surface area contributed by atoms with Crippen LogP contribution in [0.15, 0.2) is 39.5 Å². The lowest BCUT2D eigenvalue weighted by Gasteiger charge is -2.04. The first-order chi connectivity index (χ1) is 7.59. The summed E-state index contributed by atoms with van der Waals surface area (Å²) in [6, 6.07) is 8.46. The first-order valence-electron chi connectivity index (χ1n) is 4.49. The van der Waals surface area contributed by atoms with Crippen LogP contribution in [0.4, 0.5) is 0 Å². The summed E-state index contributed by atoms with van der Waals surface area (Å²) in [6.45, 7) is 0. The predicted octanol–water partition coefficient (Wildman–Crippen LogP) is 2.31. The smallest absolute Gasteiger partial charge is 0.341 e. The highest BCUT2D eigenvalue weighted by atomic mass is 79.9. The van der Waals surface area contributed by atoms with E-state index in [4.69, 9.17) is 9.52 Å². The van der Waals surface area contributed by atoms with Crippen molar-refractivity contribution in [2.75, 3.05) is 0 Å². The van der Waals surface area contributed by atoms with Gasteiger partial charge in [-0.25, -0.2) is 4.79 Å². The quantitative estimate of drug-likeness (QED) is 0.678. The topological polar surface area (TPSA) is 67.5 Å². The van der Waals surface area contributed by atoms with Gasteiger partial charge in [0.05, 0.1) is 5.56 Å². The number of benzene rings is 1. The third kappa shape index (κ3) is 1.86. The molecule has 0 amide bonds. The van der Waals surface area contributed by atoms with E-state index in [1.807, 2.05) is 0 Å². The molecule has 4 nitrogen and oxygen atoms in total. The number of carbonyl (C=O) groups is 1. The summed E-state index contributed by atoms with van der Waals surface area (Å²) in [5, 5.41) is 9.50. The lowest BCUT2D eigenvalue weighted by molar-refractivity contribution is -0.136. The molecule has 1 atom stereocenters. The van der Waals surface area contributed by atoms with Crippen LogP contribution in [0.3, 0.4) is 0 Å². The van der Waals surface area contributed by atoms with Crippen LogP contribution in [0.2, 0.25) is 0 Å². The Bertz CT molecular complexity index is 602. The number of hydrogen-bond donors (Lipinski definition) is 1. The fourth-order valence-corrected chi connectivity index (χ4v) is 1.71. The highest BCUT2D eigenvalue weighted by molar-refractivity contribution is 9.09. The minimum Gasteiger partial charge on any atom is -0.480 e. The van der Waals surface area contributed by atoms with Crippen LogP contribution in [0.5, 0.6) is 0 Å². The summed E-state index contributed by atoms with van der Waals surface area (Å²) < 4.78 is 5.02. The highest BCUT2D eigenvalue weighted by Gasteiger charge is 2.20. The Morgan fingerprint density at radius 2 is 2.06 bits per heavy atom. The molecule has 0 fully saturated rings. The normalized spacial score (nSPS) is 12.6. The average molecular weight is 283 g/mol. The summed E-state index contributed by atoms with van der Waals surface area (Å²) in [6.07, 6.45) is 0. The van der Waals surface area contributed by atoms with Gasteiger partial charge in [0.1, 0.15) is 10.4 Å². The van der Waals surface area contributed by atoms with Gasteiger partial charge in [0, 0.05) is 5.39 Å². The molecule has 0 aliphatic heterocycles. The zero-order chi connectivity index (χ0) is 11.7. The van der Waals surface area contributed by atoms with Gasteiger partial charge >= 0.3 is 11.6 Å². The SMILES string of the molecule is O=C(O)C(Br)c1cc2ccccc2oc1=O. The zero-order valence-electron chi connectivity index (χ0n) is 8.01. The maximum Gasteiger partial charge on any atom is 0.341 e. The molecule has 0 saturated carbocycles. The molecule has 0 aliphatic rings. The van der Waals surface area contributed by atoms with E-state index in [0.717, 1.165) is 0 Å². The largest absolute Gasteiger partial charge is 0.480 e. The van der Waals surface area contributed by atoms with E-state index in [9.17, 15) is 9.59 Å². The second-order valence-electron chi connectivity index (χ2n) is 3.23. The maximum absolute atomic E-state index is 11.5. The molecule has 2 aromatic rings. The van der Waals surface area contributed by atoms with Crippen molar-refractivity contribution >= 4 is 32.9 Å². The van der Waals surface area contributed by atoms with E-state index in [0.29, 0.717) is 11.0 Å². The van der Waals surface area contributed by atoms with Crippen LogP contribution in [-0.4, -0.2) is 11.1 Å². The van der Waals surface area contributed by atoms with Gasteiger partial charge in [0.15, 0.2) is 0 Å². The third-order valence-corrected chi connectivity index (χ3v) is 3.04. The van der Waals surface area contributed by atoms with Crippen LogP contribution in [0, 0.1) is 0 Å². The fraction of sp³-hybridized carbons (Fsp3) is 0.0909. The molecular weight excluding hydrogens is 276 g/mol. The maximum atomic E-state index is 11.5. The van der Waals surface area contributed by atoms with Crippen molar-refractivity contribution in [3.63, 3.8) is 0 Å². The molecule has 0 saturated heterocycles. The Hall–Kier alpha value is -1.62. The first kappa shape index (κ1) is 10.9. The second-order valence-corrected chi connectivity index (χ2v) is 4.14. The van der Waals surface area contributed by atoms with Gasteiger partial charge < -0.3 is 9.52 Å². The number of hydrogen-bond acceptors (Lipinski definition) is 3. The monoisotopic (exact) mass is 282 g/mol. The number of halogens is 1. The molecule has 82 valence electrons. The van der Waals surface area contributed by atoms with Crippen molar-refractivity contribution in [1.29, 1.82) is 0 Å². The van der Waals surface area contributed by atoms with Gasteiger partial charge in [0.2, 0.25) is 0 Å². The molecule has 0 aliphatic carbocycles. The Labute approximate surface area is 98.6 Å². The van der Waals surface area contributed by atoms with Gasteiger partial charge in [-0.1, -0.05) is 34.1 Å². The molecular formula is C11H7BrO4. The molecule has 1 N–H and O–H groups in total. The van der Waals surface area contributed by atoms with Gasteiger partial charge in [-0.2, -0.15) is 0 Å². The number of para-hydroxylation sites is 1. The summed E-state index contributed by atoms with van der Waals surface area (Å²) in [5.41, 5.74) is -0.101. The number of rotatable bonds is 2. The number of alkyl halides is 1. The minimum atomic E-state index is -1.12. The molecule has 0 spiro atoms. The van der Waals surface area contributed by atoms with Crippen molar-refractivity contribution < 1.29 is 14.3 Å². The van der Waals surface area contributed by atoms with E-state index in [1.54, 1.807) is 24.3 Å². The highest BCUT2D eigenvalue weighted by Crippen LogP contribution is 2.23. The van der Waals surface area contributed by atoms with E-state index < -0.39 is 16.4 Å². The molecule has 1 unspecified atom stereocenters. The molecule has 1 aromatic carbocycles. The summed E-state index contributed by atoms with van der Waals surface area (Å²) in [4.78, 5) is 21.2. The van der Waals surface area contributed by atoms with E-state index >= 15 is 0 Å². The van der Waals surface area contributed by atoms with Crippen LogP contribution in [0.1, 0.15) is 10.4 Å². The van der Waals surface area contributed by atoms with Crippen molar-refractivity contribution in [3.8, 4) is 0 Å². The Kier molecular flexibility index (Phi) is 2.78. The van der Waals surface area contributed by atoms with Crippen LogP contribution >= 0.6 is 15.9 Å². The molecule has 0 radical (unpaired) electrons. The van der Waals surface area contributed by atoms with Crippen molar-refractivity contribution in [2.45, 2.75) is 4.83 Å². The Balaban J connectivity index is 2.67. The lowest BCUT2D eigenvalue weighted by atomic mass is 10.1. The predicted molar refractivity (Wildman–Crippen MR) is 61.8 cm³/mol. The van der Waals surface area contributed by atoms with Gasteiger partial charge in [-0.3, -0.25) is 4.79 Å². The Morgan fingerprint density at radius 3 is 2.75 bits per heavy atom. The number of carboxylic acids is 1. The lowest BCUT2D eigenvalue weighted by Crippen LogP contribution is -2.14. The second kappa shape index (κ2) is 4.09. The van der Waals surface area contributed by atoms with Crippen LogP contribution in [0.25, 0.3) is 11.0 Å². The summed E-state index contributed by atoms with van der Waals surface area (Å²) in [7, 11) is 0. The van der Waals surface area contributed by atoms with E-state index in [1.165, 1.54) is 6.07 Å². The van der Waals surface area contributed by atoms with Crippen LogP contribution in [-0.2, 0) is 4.79 Å². The zero-order valence-corrected chi connectivity index (χ0v) is 9.60. The van der Waals surface area contributed by atoms with E-state index in [-0.39, 0.29) is 5.56 Å². The minimum absolute atomic E-state index is 0.0891. The van der Waals surface area contributed by atoms with Crippen molar-refractivity contribution in [2.24, 2.45) is 0 Å². The van der Waals surface area contributed by atoms with E-state index in [2.05, 4.69) is 15.9 Å². The number of fused-ring (bicyclic) bond motifs is 1. The van der Waals surface area contributed by atoms with Gasteiger partial charge in [0.25, 0.3) is 0 Å². The summed E-state index contributed by atoms with van der Waals surface area (Å²) in [5.74, 6) is -1.12. The molecule has 5 heteroatoms. The molecule has 16 heavy (non-hydrogen) atoms. The molecule has 0 bridgehead atoms. The molecule has 1 heterocycles. The average Bonchev–Trinajstić information content (AvgIpc) is 2.27. The number of aliphatic carboxylic acids is 1. The standard InChI is InChI=1S/C11H7BrO4/c12-9(10(13)14)7-5-6-3-1-2-4-8(6)16-11(7)15/h1-5,9H,(H,13,14). The third-order valence-electron chi connectivity index (χ3n) is 2.16. The Morgan fingerprint density at radius 1 is 1.38 bits per heavy atom. The van der Waals surface area contributed by atoms with Crippen molar-refractivity contribution in [3.05, 3.63) is 46.3 Å². The van der Waals surface area contributed by atoms with Crippen molar-refractivity contribution in [1.82, 2.24) is 0 Å². The fourth-order valence-electron chi connectivity index (χ4n) is 1.39. The first-order valence-corrected chi connectivity index (χ1v) is 5.41. The number of carboxylic acid groups (broad SMARTS) is 1.